The maximum Gasteiger partial charge on any atom is 0.257 e. The van der Waals surface area contributed by atoms with Crippen molar-refractivity contribution >= 4 is 11.6 Å². The van der Waals surface area contributed by atoms with Crippen LogP contribution in [0.4, 0.5) is 10.1 Å². The van der Waals surface area contributed by atoms with Gasteiger partial charge in [-0.3, -0.25) is 4.79 Å². The molecule has 0 radical (unpaired) electrons. The second-order valence-corrected chi connectivity index (χ2v) is 5.38. The number of halogens is 1. The lowest BCUT2D eigenvalue weighted by Crippen LogP contribution is -2.39. The molecule has 0 unspecified atom stereocenters. The largest absolute Gasteiger partial charge is 0.399 e. The highest BCUT2D eigenvalue weighted by atomic mass is 19.1. The quantitative estimate of drug-likeness (QED) is 0.677. The van der Waals surface area contributed by atoms with Crippen molar-refractivity contribution < 1.29 is 9.18 Å². The first-order chi connectivity index (χ1) is 9.54. The maximum atomic E-state index is 14.2. The molecule has 1 aromatic rings. The molecule has 1 fully saturated rings. The number of anilines is 1. The van der Waals surface area contributed by atoms with Gasteiger partial charge < -0.3 is 10.6 Å². The van der Waals surface area contributed by atoms with Gasteiger partial charge in [0, 0.05) is 18.3 Å². The molecule has 2 rings (SSSR count). The van der Waals surface area contributed by atoms with Gasteiger partial charge in [-0.05, 0) is 37.5 Å². The number of nitrogens with two attached hydrogens (primary N) is 1. The molecule has 1 amide bonds. The Kier molecular flexibility index (Phi) is 4.42. The van der Waals surface area contributed by atoms with E-state index >= 15 is 0 Å². The van der Waals surface area contributed by atoms with Crippen LogP contribution < -0.4 is 5.73 Å². The van der Waals surface area contributed by atoms with Crippen LogP contribution in [0.1, 0.15) is 41.6 Å². The number of hydrogen-bond donors (Lipinski definition) is 1. The van der Waals surface area contributed by atoms with E-state index in [2.05, 4.69) is 6.58 Å². The summed E-state index contributed by atoms with van der Waals surface area (Å²) in [7, 11) is 0. The Labute approximate surface area is 119 Å². The van der Waals surface area contributed by atoms with Gasteiger partial charge in [0.25, 0.3) is 5.91 Å². The Morgan fingerprint density at radius 1 is 1.50 bits per heavy atom. The summed E-state index contributed by atoms with van der Waals surface area (Å²) in [5.41, 5.74) is 6.62. The zero-order valence-corrected chi connectivity index (χ0v) is 11.9. The SMILES string of the molecule is C=CCN(C(=O)c1cc(N)cc(C)c1F)C1CCCC1. The van der Waals surface area contributed by atoms with E-state index in [1.165, 1.54) is 6.07 Å². The fourth-order valence-electron chi connectivity index (χ4n) is 2.86. The Hall–Kier alpha value is -1.84. The van der Waals surface area contributed by atoms with Crippen molar-refractivity contribution in [2.45, 2.75) is 38.6 Å². The van der Waals surface area contributed by atoms with E-state index in [1.807, 2.05) is 0 Å². The van der Waals surface area contributed by atoms with Crippen LogP contribution in [0.25, 0.3) is 0 Å². The first-order valence-corrected chi connectivity index (χ1v) is 7.02. The molecular weight excluding hydrogens is 255 g/mol. The number of carbonyl (C=O) groups is 1. The highest BCUT2D eigenvalue weighted by molar-refractivity contribution is 5.96. The monoisotopic (exact) mass is 276 g/mol. The van der Waals surface area contributed by atoms with Gasteiger partial charge in [-0.15, -0.1) is 6.58 Å². The van der Waals surface area contributed by atoms with Gasteiger partial charge in [0.15, 0.2) is 0 Å². The van der Waals surface area contributed by atoms with Gasteiger partial charge in [0.2, 0.25) is 0 Å². The molecule has 1 aliphatic rings. The third-order valence-electron chi connectivity index (χ3n) is 3.86. The summed E-state index contributed by atoms with van der Waals surface area (Å²) in [6, 6.07) is 3.15. The smallest absolute Gasteiger partial charge is 0.257 e. The Morgan fingerprint density at radius 3 is 2.75 bits per heavy atom. The number of carbonyl (C=O) groups excluding carboxylic acids is 1. The second kappa shape index (κ2) is 6.07. The number of amides is 1. The Bertz CT molecular complexity index is 521. The predicted octanol–water partition coefficient (Wildman–Crippen LogP) is 3.29. The van der Waals surface area contributed by atoms with Crippen molar-refractivity contribution in [1.29, 1.82) is 0 Å². The molecule has 0 aliphatic heterocycles. The molecule has 0 bridgehead atoms. The van der Waals surface area contributed by atoms with Crippen LogP contribution in [0.2, 0.25) is 0 Å². The van der Waals surface area contributed by atoms with Crippen molar-refractivity contribution in [1.82, 2.24) is 4.90 Å². The zero-order valence-electron chi connectivity index (χ0n) is 11.9. The van der Waals surface area contributed by atoms with Crippen molar-refractivity contribution in [2.24, 2.45) is 0 Å². The van der Waals surface area contributed by atoms with Crippen molar-refractivity contribution in [2.75, 3.05) is 12.3 Å². The summed E-state index contributed by atoms with van der Waals surface area (Å²) in [5, 5.41) is 0. The van der Waals surface area contributed by atoms with Crippen molar-refractivity contribution in [3.05, 3.63) is 41.7 Å². The first kappa shape index (κ1) is 14.6. The molecule has 0 spiro atoms. The average molecular weight is 276 g/mol. The summed E-state index contributed by atoms with van der Waals surface area (Å²) < 4.78 is 14.2. The Balaban J connectivity index is 2.33. The molecule has 1 aliphatic carbocycles. The van der Waals surface area contributed by atoms with Gasteiger partial charge >= 0.3 is 0 Å². The second-order valence-electron chi connectivity index (χ2n) is 5.38. The number of rotatable bonds is 4. The van der Waals surface area contributed by atoms with E-state index in [0.717, 1.165) is 25.7 Å². The van der Waals surface area contributed by atoms with Gasteiger partial charge in [0.1, 0.15) is 5.82 Å². The molecule has 0 saturated heterocycles. The van der Waals surface area contributed by atoms with E-state index in [-0.39, 0.29) is 17.5 Å². The molecule has 3 nitrogen and oxygen atoms in total. The lowest BCUT2D eigenvalue weighted by atomic mass is 10.1. The van der Waals surface area contributed by atoms with E-state index in [4.69, 9.17) is 5.73 Å². The van der Waals surface area contributed by atoms with Gasteiger partial charge in [0.05, 0.1) is 5.56 Å². The lowest BCUT2D eigenvalue weighted by Gasteiger charge is -2.28. The number of benzene rings is 1. The average Bonchev–Trinajstić information content (AvgIpc) is 2.93. The fourth-order valence-corrected chi connectivity index (χ4v) is 2.86. The number of nitrogen functional groups attached to an aromatic ring is 1. The molecule has 1 aromatic carbocycles. The van der Waals surface area contributed by atoms with Crippen LogP contribution in [-0.4, -0.2) is 23.4 Å². The van der Waals surface area contributed by atoms with E-state index in [9.17, 15) is 9.18 Å². The third-order valence-corrected chi connectivity index (χ3v) is 3.86. The molecular formula is C16H21FN2O. The molecule has 20 heavy (non-hydrogen) atoms. The summed E-state index contributed by atoms with van der Waals surface area (Å²) >= 11 is 0. The topological polar surface area (TPSA) is 46.3 Å². The van der Waals surface area contributed by atoms with Crippen LogP contribution in [0.15, 0.2) is 24.8 Å². The summed E-state index contributed by atoms with van der Waals surface area (Å²) in [5.74, 6) is -0.763. The standard InChI is InChI=1S/C16H21FN2O/c1-3-8-19(13-6-4-5-7-13)16(20)14-10-12(18)9-11(2)15(14)17/h3,9-10,13H,1,4-8,18H2,2H3. The molecule has 4 heteroatoms. The molecule has 1 saturated carbocycles. The fraction of sp³-hybridized carbons (Fsp3) is 0.438. The Morgan fingerprint density at radius 2 is 2.15 bits per heavy atom. The van der Waals surface area contributed by atoms with E-state index in [1.54, 1.807) is 24.0 Å². The minimum atomic E-state index is -0.476. The van der Waals surface area contributed by atoms with Crippen molar-refractivity contribution in [3.63, 3.8) is 0 Å². The third kappa shape index (κ3) is 2.84. The van der Waals surface area contributed by atoms with Crippen LogP contribution in [0.3, 0.4) is 0 Å². The summed E-state index contributed by atoms with van der Waals surface area (Å²) in [6.07, 6.45) is 5.87. The minimum absolute atomic E-state index is 0.0660. The van der Waals surface area contributed by atoms with E-state index in [0.29, 0.717) is 17.8 Å². The summed E-state index contributed by atoms with van der Waals surface area (Å²) in [4.78, 5) is 14.3. The van der Waals surface area contributed by atoms with Crippen LogP contribution in [0.5, 0.6) is 0 Å². The van der Waals surface area contributed by atoms with Crippen LogP contribution >= 0.6 is 0 Å². The molecule has 0 atom stereocenters. The number of hydrogen-bond acceptors (Lipinski definition) is 2. The number of nitrogens with zero attached hydrogens (tertiary/aromatic N) is 1. The first-order valence-electron chi connectivity index (χ1n) is 7.02. The van der Waals surface area contributed by atoms with E-state index < -0.39 is 5.82 Å². The lowest BCUT2D eigenvalue weighted by molar-refractivity contribution is 0.0701. The van der Waals surface area contributed by atoms with Crippen molar-refractivity contribution in [3.8, 4) is 0 Å². The normalized spacial score (nSPS) is 15.3. The van der Waals surface area contributed by atoms with Crippen LogP contribution in [-0.2, 0) is 0 Å². The zero-order chi connectivity index (χ0) is 14.7. The summed E-state index contributed by atoms with van der Waals surface area (Å²) in [6.45, 7) is 5.76. The van der Waals surface area contributed by atoms with Crippen LogP contribution in [0, 0.1) is 12.7 Å². The predicted molar refractivity (Wildman–Crippen MR) is 79.0 cm³/mol. The molecule has 108 valence electrons. The highest BCUT2D eigenvalue weighted by Crippen LogP contribution is 2.26. The molecule has 0 heterocycles. The minimum Gasteiger partial charge on any atom is -0.399 e. The van der Waals surface area contributed by atoms with Gasteiger partial charge in [-0.25, -0.2) is 4.39 Å². The van der Waals surface area contributed by atoms with Gasteiger partial charge in [-0.1, -0.05) is 18.9 Å². The number of aryl methyl sites for hydroxylation is 1. The molecule has 0 aromatic heterocycles. The highest BCUT2D eigenvalue weighted by Gasteiger charge is 2.28. The van der Waals surface area contributed by atoms with Gasteiger partial charge in [-0.2, -0.15) is 0 Å². The molecule has 2 N–H and O–H groups in total. The maximum absolute atomic E-state index is 14.2.